The van der Waals surface area contributed by atoms with Gasteiger partial charge in [-0.2, -0.15) is 5.06 Å². The lowest BCUT2D eigenvalue weighted by atomic mass is 9.45. The third kappa shape index (κ3) is 6.44. The fourth-order valence-electron chi connectivity index (χ4n) is 7.92. The van der Waals surface area contributed by atoms with E-state index in [1.165, 1.54) is 6.42 Å². The van der Waals surface area contributed by atoms with Crippen molar-refractivity contribution < 1.29 is 24.6 Å². The van der Waals surface area contributed by atoms with Crippen LogP contribution in [-0.4, -0.2) is 90.1 Å². The van der Waals surface area contributed by atoms with Crippen LogP contribution in [0.1, 0.15) is 56.5 Å². The Labute approximate surface area is 261 Å². The average Bonchev–Trinajstić information content (AvgIpc) is 3.36. The fourth-order valence-corrected chi connectivity index (χ4v) is 7.92. The molecule has 4 aliphatic rings. The summed E-state index contributed by atoms with van der Waals surface area (Å²) in [5, 5.41) is 28.9. The number of likely N-dealkylation sites (N-methyl/N-ethyl adjacent to an activating group) is 1. The second-order valence-electron chi connectivity index (χ2n) is 14.0. The van der Waals surface area contributed by atoms with E-state index in [2.05, 4.69) is 31.4 Å². The van der Waals surface area contributed by atoms with Crippen molar-refractivity contribution in [3.63, 3.8) is 0 Å². The molecular weight excluding hydrogens is 556 g/mol. The maximum Gasteiger partial charge on any atom is 0.251 e. The predicted molar refractivity (Wildman–Crippen MR) is 170 cm³/mol. The number of hydroxylamine groups is 2. The molecule has 44 heavy (non-hydrogen) atoms. The summed E-state index contributed by atoms with van der Waals surface area (Å²) in [7, 11) is 3.94. The van der Waals surface area contributed by atoms with Gasteiger partial charge in [-0.05, 0) is 85.9 Å². The van der Waals surface area contributed by atoms with E-state index in [1.807, 2.05) is 67.5 Å². The Hall–Kier alpha value is -2.82. The summed E-state index contributed by atoms with van der Waals surface area (Å²) < 4.78 is 0. The number of hydrogen-bond donors (Lipinski definition) is 4. The Morgan fingerprint density at radius 3 is 2.55 bits per heavy atom. The lowest BCUT2D eigenvalue weighted by Gasteiger charge is -2.62. The van der Waals surface area contributed by atoms with Gasteiger partial charge in [0.05, 0.1) is 19.3 Å². The second-order valence-corrected chi connectivity index (χ2v) is 14.0. The molecule has 9 heteroatoms. The van der Waals surface area contributed by atoms with Crippen molar-refractivity contribution >= 4 is 11.8 Å². The van der Waals surface area contributed by atoms with Crippen LogP contribution in [0.4, 0.5) is 0 Å². The zero-order chi connectivity index (χ0) is 31.8. The maximum atomic E-state index is 14.0. The summed E-state index contributed by atoms with van der Waals surface area (Å²) in [6, 6.07) is 14.7. The maximum absolute atomic E-state index is 14.0. The van der Waals surface area contributed by atoms with Gasteiger partial charge in [0.1, 0.15) is 12.1 Å². The molecule has 0 spiro atoms. The summed E-state index contributed by atoms with van der Waals surface area (Å²) in [5.41, 5.74) is 3.49. The number of aliphatic hydroxyl groups excluding tert-OH is 2. The Morgan fingerprint density at radius 2 is 1.89 bits per heavy atom. The molecule has 2 amide bonds. The monoisotopic (exact) mass is 606 g/mol. The molecule has 8 atom stereocenters. The van der Waals surface area contributed by atoms with Crippen molar-refractivity contribution in [1.82, 2.24) is 20.6 Å². The highest BCUT2D eigenvalue weighted by molar-refractivity contribution is 6.00. The first kappa shape index (κ1) is 32.6. The average molecular weight is 607 g/mol. The minimum absolute atomic E-state index is 0.0765. The minimum Gasteiger partial charge on any atom is -0.394 e. The van der Waals surface area contributed by atoms with Crippen LogP contribution in [0, 0.1) is 29.1 Å². The highest BCUT2D eigenvalue weighted by atomic mass is 16.7. The SMILES string of the molecule is C[C@@H]1[C@@H](NC(=O)[C@@H]2[C@H]([C@H](C)O)[C@H](CO)ON2Cc2cccc(-c3ccccc3C(=O)NCCN(C)C)c2)C[C@@H]2C[C@H]1C2(C)C. The van der Waals surface area contributed by atoms with Gasteiger partial charge in [-0.3, -0.25) is 14.4 Å². The van der Waals surface area contributed by atoms with Crippen molar-refractivity contribution in [3.8, 4) is 11.1 Å². The molecule has 0 aromatic heterocycles. The van der Waals surface area contributed by atoms with Crippen molar-refractivity contribution in [2.24, 2.45) is 29.1 Å². The van der Waals surface area contributed by atoms with Crippen LogP contribution in [0.25, 0.3) is 11.1 Å². The summed E-state index contributed by atoms with van der Waals surface area (Å²) in [6.45, 7) is 9.84. The summed E-state index contributed by atoms with van der Waals surface area (Å²) in [5.74, 6) is 0.670. The second kappa shape index (κ2) is 13.3. The number of nitrogens with zero attached hydrogens (tertiary/aromatic N) is 2. The van der Waals surface area contributed by atoms with Gasteiger partial charge in [0.25, 0.3) is 5.91 Å². The summed E-state index contributed by atoms with van der Waals surface area (Å²) in [4.78, 5) is 35.2. The first-order chi connectivity index (χ1) is 20.9. The molecule has 4 fully saturated rings. The molecule has 4 N–H and O–H groups in total. The Morgan fingerprint density at radius 1 is 1.14 bits per heavy atom. The highest BCUT2D eigenvalue weighted by Gasteiger charge is 2.57. The molecule has 6 rings (SSSR count). The smallest absolute Gasteiger partial charge is 0.251 e. The van der Waals surface area contributed by atoms with E-state index >= 15 is 0 Å². The predicted octanol–water partition coefficient (Wildman–Crippen LogP) is 3.31. The molecule has 0 radical (unpaired) electrons. The Kier molecular flexibility index (Phi) is 9.82. The molecule has 2 bridgehead atoms. The normalized spacial score (nSPS) is 30.1. The molecular formula is C35H50N4O5. The lowest BCUT2D eigenvalue weighted by Crippen LogP contribution is -2.62. The van der Waals surface area contributed by atoms with E-state index in [-0.39, 0.29) is 31.0 Å². The van der Waals surface area contributed by atoms with E-state index in [0.29, 0.717) is 35.3 Å². The molecule has 3 aliphatic carbocycles. The van der Waals surface area contributed by atoms with E-state index in [0.717, 1.165) is 29.7 Å². The first-order valence-electron chi connectivity index (χ1n) is 16.1. The fraction of sp³-hybridized carbons (Fsp3) is 0.600. The standard InChI is InChI=1S/C35H50N4O5/c1-21-28-17-25(35(28,3)4)18-29(21)37-34(43)32-31(22(2)41)30(20-40)44-39(32)19-23-10-9-11-24(16-23)26-12-7-8-13-27(26)33(42)36-14-15-38(5)6/h7-13,16,21-22,25,28-32,40-41H,14-15,17-20H2,1-6H3,(H,36,42)(H,37,43)/t21-,22-,25-,28+,29-,30-,31+,32-/m0/s1. The number of aliphatic hydroxyl groups is 2. The number of fused-ring (bicyclic) bond motifs is 2. The van der Waals surface area contributed by atoms with Gasteiger partial charge in [-0.1, -0.05) is 57.2 Å². The number of nitrogens with one attached hydrogen (secondary N) is 2. The number of amides is 2. The van der Waals surface area contributed by atoms with E-state index in [1.54, 1.807) is 12.0 Å². The van der Waals surface area contributed by atoms with Crippen molar-refractivity contribution in [1.29, 1.82) is 0 Å². The van der Waals surface area contributed by atoms with Gasteiger partial charge < -0.3 is 25.7 Å². The van der Waals surface area contributed by atoms with Crippen molar-refractivity contribution in [2.45, 2.75) is 71.4 Å². The van der Waals surface area contributed by atoms with Gasteiger partial charge in [0.2, 0.25) is 5.91 Å². The van der Waals surface area contributed by atoms with E-state index < -0.39 is 24.2 Å². The summed E-state index contributed by atoms with van der Waals surface area (Å²) >= 11 is 0. The topological polar surface area (TPSA) is 114 Å². The van der Waals surface area contributed by atoms with Crippen LogP contribution in [0.2, 0.25) is 0 Å². The van der Waals surface area contributed by atoms with Crippen LogP contribution in [0.3, 0.4) is 0 Å². The van der Waals surface area contributed by atoms with Gasteiger partial charge in [-0.25, -0.2) is 0 Å². The summed E-state index contributed by atoms with van der Waals surface area (Å²) in [6.07, 6.45) is 0.626. The Balaban J connectivity index is 1.35. The molecule has 240 valence electrons. The third-order valence-electron chi connectivity index (χ3n) is 10.7. The van der Waals surface area contributed by atoms with Crippen LogP contribution in [0.15, 0.2) is 48.5 Å². The third-order valence-corrected chi connectivity index (χ3v) is 10.7. The largest absolute Gasteiger partial charge is 0.394 e. The van der Waals surface area contributed by atoms with Crippen molar-refractivity contribution in [2.75, 3.05) is 33.8 Å². The molecule has 9 nitrogen and oxygen atoms in total. The zero-order valence-electron chi connectivity index (χ0n) is 27.0. The molecule has 1 aliphatic heterocycles. The van der Waals surface area contributed by atoms with Gasteiger partial charge in [0.15, 0.2) is 0 Å². The molecule has 1 saturated heterocycles. The quantitative estimate of drug-likeness (QED) is 0.310. The molecule has 0 unspecified atom stereocenters. The van der Waals surface area contributed by atoms with Gasteiger partial charge in [-0.15, -0.1) is 0 Å². The zero-order valence-corrected chi connectivity index (χ0v) is 27.0. The molecule has 2 aromatic carbocycles. The lowest BCUT2D eigenvalue weighted by molar-refractivity contribution is -0.183. The van der Waals surface area contributed by atoms with Gasteiger partial charge >= 0.3 is 0 Å². The van der Waals surface area contributed by atoms with Crippen LogP contribution < -0.4 is 10.6 Å². The minimum atomic E-state index is -0.853. The van der Waals surface area contributed by atoms with Gasteiger partial charge in [0, 0.05) is 30.6 Å². The highest BCUT2D eigenvalue weighted by Crippen LogP contribution is 2.61. The van der Waals surface area contributed by atoms with E-state index in [4.69, 9.17) is 4.84 Å². The number of rotatable bonds is 11. The van der Waals surface area contributed by atoms with E-state index in [9.17, 15) is 19.8 Å². The number of benzene rings is 2. The Bertz CT molecular complexity index is 1330. The van der Waals surface area contributed by atoms with Crippen molar-refractivity contribution in [3.05, 3.63) is 59.7 Å². The molecule has 3 saturated carbocycles. The van der Waals surface area contributed by atoms with Crippen LogP contribution >= 0.6 is 0 Å². The first-order valence-corrected chi connectivity index (χ1v) is 16.1. The molecule has 1 heterocycles. The van der Waals surface area contributed by atoms with Crippen LogP contribution in [0.5, 0.6) is 0 Å². The van der Waals surface area contributed by atoms with Crippen LogP contribution in [-0.2, 0) is 16.2 Å². The molecule has 2 aromatic rings. The number of carbonyl (C=O) groups is 2. The number of hydrogen-bond acceptors (Lipinski definition) is 7. The number of carbonyl (C=O) groups excluding carboxylic acids is 2.